The van der Waals surface area contributed by atoms with Crippen LogP contribution in [0, 0.1) is 6.92 Å². The standard InChI is InChI=1S/C13H10O.C9H9Cl2N/c1-14-13-9-7-12(8-10-13)11-5-3-2-4-6-11;1-7-3-2-4-8(5-7)12-6-9(12,10)11/h3,5-10H,1H3;2-5H,6H2,1H3. The van der Waals surface area contributed by atoms with Gasteiger partial charge in [-0.2, -0.15) is 0 Å². The van der Waals surface area contributed by atoms with Crippen molar-refractivity contribution in [1.82, 2.24) is 0 Å². The van der Waals surface area contributed by atoms with Crippen molar-refractivity contribution in [3.05, 3.63) is 89.3 Å². The Balaban J connectivity index is 0.000000152. The van der Waals surface area contributed by atoms with Crippen molar-refractivity contribution in [1.29, 1.82) is 0 Å². The van der Waals surface area contributed by atoms with Crippen LogP contribution < -0.4 is 9.64 Å². The molecule has 2 aliphatic rings. The number of anilines is 1. The first-order valence-electron chi connectivity index (χ1n) is 8.24. The van der Waals surface area contributed by atoms with Gasteiger partial charge in [-0.15, -0.1) is 0 Å². The van der Waals surface area contributed by atoms with Gasteiger partial charge in [0.2, 0.25) is 4.46 Å². The van der Waals surface area contributed by atoms with E-state index >= 15 is 0 Å². The van der Waals surface area contributed by atoms with Crippen molar-refractivity contribution in [2.24, 2.45) is 0 Å². The predicted octanol–water partition coefficient (Wildman–Crippen LogP) is 5.91. The molecule has 0 radical (unpaired) electrons. The maximum Gasteiger partial charge on any atom is 0.208 e. The first-order chi connectivity index (χ1) is 12.5. The van der Waals surface area contributed by atoms with E-state index in [1.165, 1.54) is 5.56 Å². The summed E-state index contributed by atoms with van der Waals surface area (Å²) in [4.78, 5) is 1.95. The van der Waals surface area contributed by atoms with Gasteiger partial charge in [-0.25, -0.2) is 0 Å². The molecule has 0 N–H and O–H groups in total. The Morgan fingerprint density at radius 3 is 2.35 bits per heavy atom. The minimum atomic E-state index is -0.659. The Morgan fingerprint density at radius 1 is 1.08 bits per heavy atom. The van der Waals surface area contributed by atoms with Crippen molar-refractivity contribution in [3.8, 4) is 5.75 Å². The van der Waals surface area contributed by atoms with E-state index in [1.807, 2.05) is 59.5 Å². The third-order valence-electron chi connectivity index (χ3n) is 4.03. The van der Waals surface area contributed by atoms with Crippen LogP contribution >= 0.6 is 23.2 Å². The molecule has 1 fully saturated rings. The molecule has 2 nitrogen and oxygen atoms in total. The highest BCUT2D eigenvalue weighted by molar-refractivity contribution is 6.53. The van der Waals surface area contributed by atoms with E-state index in [0.29, 0.717) is 0 Å². The Kier molecular flexibility index (Phi) is 5.61. The van der Waals surface area contributed by atoms with Gasteiger partial charge in [-0.05, 0) is 66.1 Å². The highest BCUT2D eigenvalue weighted by Gasteiger charge is 2.49. The van der Waals surface area contributed by atoms with E-state index in [2.05, 4.69) is 30.5 Å². The maximum absolute atomic E-state index is 5.89. The van der Waals surface area contributed by atoms with Gasteiger partial charge in [0.1, 0.15) is 5.75 Å². The summed E-state index contributed by atoms with van der Waals surface area (Å²) in [7, 11) is 1.67. The molecule has 0 aromatic heterocycles. The van der Waals surface area contributed by atoms with Crippen molar-refractivity contribution in [2.75, 3.05) is 18.6 Å². The van der Waals surface area contributed by atoms with Gasteiger partial charge in [0.15, 0.2) is 0 Å². The van der Waals surface area contributed by atoms with Crippen LogP contribution in [0.2, 0.25) is 0 Å². The molecule has 1 aliphatic heterocycles. The van der Waals surface area contributed by atoms with Crippen LogP contribution in [0.3, 0.4) is 0 Å². The number of aryl methyl sites for hydroxylation is 1. The molecule has 2 aromatic rings. The third-order valence-corrected chi connectivity index (χ3v) is 4.68. The molecular formula is C22H19Cl2NO. The van der Waals surface area contributed by atoms with Crippen LogP contribution in [0.1, 0.15) is 11.1 Å². The van der Waals surface area contributed by atoms with Gasteiger partial charge in [-0.1, -0.05) is 58.9 Å². The number of halogens is 2. The number of nitrogens with zero attached hydrogens (tertiary/aromatic N) is 1. The summed E-state index contributed by atoms with van der Waals surface area (Å²) in [6, 6.07) is 16.1. The zero-order valence-corrected chi connectivity index (χ0v) is 16.2. The molecule has 0 atom stereocenters. The molecule has 26 heavy (non-hydrogen) atoms. The average molecular weight is 384 g/mol. The van der Waals surface area contributed by atoms with Gasteiger partial charge in [0.25, 0.3) is 0 Å². The van der Waals surface area contributed by atoms with Crippen molar-refractivity contribution in [2.45, 2.75) is 11.4 Å². The van der Waals surface area contributed by atoms with Crippen LogP contribution in [-0.4, -0.2) is 18.1 Å². The second-order valence-electron chi connectivity index (χ2n) is 6.04. The molecule has 4 rings (SSSR count). The molecule has 2 aromatic carbocycles. The van der Waals surface area contributed by atoms with Gasteiger partial charge in [-0.3, -0.25) is 0 Å². The van der Waals surface area contributed by atoms with E-state index in [-0.39, 0.29) is 0 Å². The summed E-state index contributed by atoms with van der Waals surface area (Å²) in [6.07, 6.45) is 5.79. The Morgan fingerprint density at radius 2 is 1.81 bits per heavy atom. The summed E-state index contributed by atoms with van der Waals surface area (Å²) in [5.41, 5.74) is 10.4. The SMILES string of the molecule is COc1ccc(C2=CC=C=C=C2)cc1.Cc1cccc(N2CC2(Cl)Cl)c1. The zero-order chi connectivity index (χ0) is 18.6. The van der Waals surface area contributed by atoms with E-state index in [0.717, 1.165) is 29.1 Å². The highest BCUT2D eigenvalue weighted by atomic mass is 35.5. The fraction of sp³-hybridized carbons (Fsp3) is 0.182. The molecule has 0 amide bonds. The van der Waals surface area contributed by atoms with E-state index in [9.17, 15) is 0 Å². The molecule has 0 unspecified atom stereocenters. The minimum Gasteiger partial charge on any atom is -0.497 e. The van der Waals surface area contributed by atoms with Crippen LogP contribution in [0.5, 0.6) is 5.75 Å². The van der Waals surface area contributed by atoms with Gasteiger partial charge in [0.05, 0.1) is 13.7 Å². The predicted molar refractivity (Wildman–Crippen MR) is 110 cm³/mol. The smallest absolute Gasteiger partial charge is 0.208 e. The first-order valence-corrected chi connectivity index (χ1v) is 8.99. The van der Waals surface area contributed by atoms with Crippen molar-refractivity contribution < 1.29 is 4.74 Å². The van der Waals surface area contributed by atoms with E-state index < -0.39 is 4.46 Å². The number of ether oxygens (including phenoxy) is 1. The van der Waals surface area contributed by atoms with Crippen molar-refractivity contribution >= 4 is 34.5 Å². The Labute approximate surface area is 164 Å². The molecule has 1 saturated heterocycles. The molecule has 4 heteroatoms. The molecule has 0 spiro atoms. The fourth-order valence-electron chi connectivity index (χ4n) is 2.54. The number of hydrogen-bond donors (Lipinski definition) is 0. The Hall–Kier alpha value is -2.34. The highest BCUT2D eigenvalue weighted by Crippen LogP contribution is 2.44. The Bertz CT molecular complexity index is 915. The summed E-state index contributed by atoms with van der Waals surface area (Å²) < 4.78 is 4.43. The third kappa shape index (κ3) is 4.64. The minimum absolute atomic E-state index is 0.659. The molecule has 1 aliphatic carbocycles. The lowest BCUT2D eigenvalue weighted by Crippen LogP contribution is -2.00. The molecule has 132 valence electrons. The second kappa shape index (κ2) is 7.91. The van der Waals surface area contributed by atoms with Gasteiger partial charge < -0.3 is 9.64 Å². The quantitative estimate of drug-likeness (QED) is 0.283. The maximum atomic E-state index is 5.89. The van der Waals surface area contributed by atoms with Crippen LogP contribution in [0.25, 0.3) is 5.57 Å². The topological polar surface area (TPSA) is 12.2 Å². The second-order valence-corrected chi connectivity index (χ2v) is 7.49. The average Bonchev–Trinajstić information content (AvgIpc) is 3.31. The molecule has 0 bridgehead atoms. The van der Waals surface area contributed by atoms with E-state index in [4.69, 9.17) is 27.9 Å². The van der Waals surface area contributed by atoms with E-state index in [1.54, 1.807) is 7.11 Å². The van der Waals surface area contributed by atoms with Crippen LogP contribution in [0.15, 0.2) is 78.2 Å². The number of benzene rings is 2. The van der Waals surface area contributed by atoms with Gasteiger partial charge >= 0.3 is 0 Å². The lowest BCUT2D eigenvalue weighted by molar-refractivity contribution is 0.415. The van der Waals surface area contributed by atoms with Crippen LogP contribution in [0.4, 0.5) is 5.69 Å². The lowest BCUT2D eigenvalue weighted by atomic mass is 10.0. The summed E-state index contributed by atoms with van der Waals surface area (Å²) >= 11 is 11.8. The van der Waals surface area contributed by atoms with Crippen LogP contribution in [-0.2, 0) is 0 Å². The normalized spacial score (nSPS) is 15.8. The largest absolute Gasteiger partial charge is 0.497 e. The summed E-state index contributed by atoms with van der Waals surface area (Å²) in [5.74, 6) is 0.875. The van der Waals surface area contributed by atoms with Gasteiger partial charge in [0, 0.05) is 5.69 Å². The molecular weight excluding hydrogens is 365 g/mol. The summed E-state index contributed by atoms with van der Waals surface area (Å²) in [6.45, 7) is 2.77. The monoisotopic (exact) mass is 383 g/mol. The zero-order valence-electron chi connectivity index (χ0n) is 14.7. The number of rotatable bonds is 3. The number of methoxy groups -OCH3 is 1. The first kappa shape index (κ1) is 18.5. The molecule has 1 heterocycles. The fourth-order valence-corrected chi connectivity index (χ4v) is 2.98. The molecule has 0 saturated carbocycles. The summed E-state index contributed by atoms with van der Waals surface area (Å²) in [5, 5.41) is 0. The van der Waals surface area contributed by atoms with Crippen molar-refractivity contribution in [3.63, 3.8) is 0 Å². The number of alkyl halides is 2. The lowest BCUT2D eigenvalue weighted by Gasteiger charge is -2.05. The number of hydrogen-bond acceptors (Lipinski definition) is 2. The number of allylic oxidation sites excluding steroid dienone is 4.